The van der Waals surface area contributed by atoms with E-state index in [9.17, 15) is 4.79 Å². The van der Waals surface area contributed by atoms with Crippen molar-refractivity contribution in [1.29, 1.82) is 0 Å². The van der Waals surface area contributed by atoms with Gasteiger partial charge in [0.2, 0.25) is 5.88 Å². The van der Waals surface area contributed by atoms with E-state index in [0.717, 1.165) is 78.2 Å². The maximum Gasteiger partial charge on any atom is 0.230 e. The molecule has 0 N–H and O–H groups in total. The minimum Gasteiger partial charge on any atom is -0.493 e. The molecule has 0 atom stereocenters. The van der Waals surface area contributed by atoms with Crippen LogP contribution in [0.4, 0.5) is 0 Å². The maximum atomic E-state index is 12.7. The summed E-state index contributed by atoms with van der Waals surface area (Å²) in [6, 6.07) is 14.9. The summed E-state index contributed by atoms with van der Waals surface area (Å²) in [5, 5.41) is 1.94. The second-order valence-corrected chi connectivity index (χ2v) is 13.0. The van der Waals surface area contributed by atoms with E-state index in [1.807, 2.05) is 50.2 Å². The molecule has 0 unspecified atom stereocenters. The van der Waals surface area contributed by atoms with Crippen molar-refractivity contribution in [3.8, 4) is 17.4 Å². The first-order valence-electron chi connectivity index (χ1n) is 15.2. The Morgan fingerprint density at radius 2 is 1.77 bits per heavy atom. The monoisotopic (exact) mass is 633 g/mol. The molecule has 0 bridgehead atoms. The number of ether oxygens (including phenoxy) is 3. The number of carbonyl (C=O) groups excluding carboxylic acids is 1. The predicted octanol–water partition coefficient (Wildman–Crippen LogP) is 7.58. The molecule has 2 fully saturated rings. The Morgan fingerprint density at radius 3 is 2.50 bits per heavy atom. The molecule has 230 valence electrons. The molecule has 0 saturated carbocycles. The van der Waals surface area contributed by atoms with E-state index >= 15 is 0 Å². The fourth-order valence-corrected chi connectivity index (χ4v) is 6.33. The largest absolute Gasteiger partial charge is 0.493 e. The molecule has 6 rings (SSSR count). The smallest absolute Gasteiger partial charge is 0.230 e. The number of ketones is 1. The molecule has 7 nitrogen and oxygen atoms in total. The zero-order valence-corrected chi connectivity index (χ0v) is 26.7. The van der Waals surface area contributed by atoms with Gasteiger partial charge in [0.05, 0.1) is 30.7 Å². The number of aromatic nitrogens is 2. The molecule has 2 aliphatic rings. The fraction of sp³-hybridized carbons (Fsp3) is 0.400. The van der Waals surface area contributed by atoms with E-state index in [1.54, 1.807) is 12.1 Å². The number of nitrogens with zero attached hydrogens (tertiary/aromatic N) is 3. The van der Waals surface area contributed by atoms with Crippen molar-refractivity contribution in [2.45, 2.75) is 46.0 Å². The predicted molar refractivity (Wildman–Crippen MR) is 173 cm³/mol. The van der Waals surface area contributed by atoms with Crippen LogP contribution < -0.4 is 9.47 Å². The summed E-state index contributed by atoms with van der Waals surface area (Å²) in [7, 11) is 0. The number of hydrogen-bond donors (Lipinski definition) is 0. The summed E-state index contributed by atoms with van der Waals surface area (Å²) in [5.74, 6) is 1.85. The SMILES string of the molecule is Cc1cc(CC(=O)Cc2ccc(Oc3ncnc4cc(OCCCN5CCC6(CC5)COC6)c(C)cc34)cc2Cl)ccc1Cl. The second-order valence-electron chi connectivity index (χ2n) is 12.2. The van der Waals surface area contributed by atoms with Gasteiger partial charge in [-0.1, -0.05) is 41.4 Å². The number of hydrogen-bond acceptors (Lipinski definition) is 7. The number of rotatable bonds is 11. The highest BCUT2D eigenvalue weighted by Crippen LogP contribution is 2.38. The number of carbonyl (C=O) groups is 1. The molecule has 9 heteroatoms. The number of piperidine rings is 1. The summed E-state index contributed by atoms with van der Waals surface area (Å²) in [5.41, 5.74) is 4.83. The van der Waals surface area contributed by atoms with Crippen LogP contribution in [0.5, 0.6) is 17.4 Å². The molecule has 4 aromatic rings. The number of halogens is 2. The zero-order valence-electron chi connectivity index (χ0n) is 25.2. The molecule has 0 amide bonds. The topological polar surface area (TPSA) is 73.8 Å². The zero-order chi connectivity index (χ0) is 30.7. The minimum atomic E-state index is 0.0708. The lowest BCUT2D eigenvalue weighted by atomic mass is 9.77. The first-order valence-corrected chi connectivity index (χ1v) is 15.9. The van der Waals surface area contributed by atoms with Crippen LogP contribution in [0.1, 0.15) is 41.5 Å². The molecule has 44 heavy (non-hydrogen) atoms. The average molecular weight is 635 g/mol. The van der Waals surface area contributed by atoms with Gasteiger partial charge in [-0.15, -0.1) is 0 Å². The van der Waals surface area contributed by atoms with Gasteiger partial charge < -0.3 is 19.1 Å². The van der Waals surface area contributed by atoms with E-state index < -0.39 is 0 Å². The number of likely N-dealkylation sites (tertiary alicyclic amines) is 1. The Morgan fingerprint density at radius 1 is 0.955 bits per heavy atom. The average Bonchev–Trinajstić information content (AvgIpc) is 2.99. The van der Waals surface area contributed by atoms with Gasteiger partial charge in [0.15, 0.2) is 0 Å². The lowest BCUT2D eigenvalue weighted by Gasteiger charge is -2.47. The number of fused-ring (bicyclic) bond motifs is 1. The van der Waals surface area contributed by atoms with Crippen LogP contribution in [-0.4, -0.2) is 60.1 Å². The summed E-state index contributed by atoms with van der Waals surface area (Å²) < 4.78 is 17.8. The third-order valence-electron chi connectivity index (χ3n) is 8.76. The minimum absolute atomic E-state index is 0.0708. The molecule has 1 spiro atoms. The number of benzene rings is 3. The Bertz CT molecular complexity index is 1660. The molecule has 0 aliphatic carbocycles. The van der Waals surface area contributed by atoms with Crippen molar-refractivity contribution >= 4 is 39.9 Å². The van der Waals surface area contributed by atoms with Crippen molar-refractivity contribution in [2.24, 2.45) is 5.41 Å². The molecule has 0 radical (unpaired) electrons. The number of aryl methyl sites for hydroxylation is 2. The Balaban J connectivity index is 1.04. The van der Waals surface area contributed by atoms with Gasteiger partial charge in [0.25, 0.3) is 0 Å². The standard InChI is InChI=1S/C35H37Cl2N3O4/c1-23-14-25(4-7-30(23)36)16-27(41)17-26-5-6-28(18-31(26)37)44-34-29-15-24(2)33(19-32(29)38-22-39-34)43-13-3-10-40-11-8-35(9-12-40)20-42-21-35/h4-7,14-15,18-19,22H,3,8-13,16-17,20-21H2,1-2H3. The highest BCUT2D eigenvalue weighted by Gasteiger charge is 2.40. The van der Waals surface area contributed by atoms with E-state index in [1.165, 1.54) is 19.2 Å². The van der Waals surface area contributed by atoms with E-state index in [2.05, 4.69) is 14.9 Å². The molecular formula is C35H37Cl2N3O4. The highest BCUT2D eigenvalue weighted by molar-refractivity contribution is 6.32. The maximum absolute atomic E-state index is 12.7. The Labute approximate surface area is 268 Å². The fourth-order valence-electron chi connectivity index (χ4n) is 5.97. The van der Waals surface area contributed by atoms with Crippen molar-refractivity contribution in [3.05, 3.63) is 87.2 Å². The van der Waals surface area contributed by atoms with Crippen molar-refractivity contribution in [3.63, 3.8) is 0 Å². The second kappa shape index (κ2) is 13.4. The molecule has 2 saturated heterocycles. The van der Waals surface area contributed by atoms with Gasteiger partial charge in [0.1, 0.15) is 23.6 Å². The van der Waals surface area contributed by atoms with Crippen LogP contribution in [-0.2, 0) is 22.4 Å². The summed E-state index contributed by atoms with van der Waals surface area (Å²) in [6.07, 6.45) is 5.49. The lowest BCUT2D eigenvalue weighted by Crippen LogP contribution is -2.51. The van der Waals surface area contributed by atoms with Crippen LogP contribution in [0.2, 0.25) is 10.0 Å². The third kappa shape index (κ3) is 7.18. The van der Waals surface area contributed by atoms with E-state index in [0.29, 0.717) is 40.1 Å². The first-order chi connectivity index (χ1) is 21.3. The molecule has 2 aliphatic heterocycles. The summed E-state index contributed by atoms with van der Waals surface area (Å²) >= 11 is 12.7. The van der Waals surface area contributed by atoms with Crippen molar-refractivity contribution in [1.82, 2.24) is 14.9 Å². The first kappa shape index (κ1) is 30.8. The van der Waals surface area contributed by atoms with Crippen LogP contribution in [0.25, 0.3) is 10.9 Å². The van der Waals surface area contributed by atoms with Gasteiger partial charge in [0, 0.05) is 40.9 Å². The quantitative estimate of drug-likeness (QED) is 0.158. The molecule has 3 heterocycles. The Kier molecular flexibility index (Phi) is 9.38. The van der Waals surface area contributed by atoms with Crippen molar-refractivity contribution in [2.75, 3.05) is 39.5 Å². The normalized spacial score (nSPS) is 16.2. The number of Topliss-reactive ketones (excluding diaryl/α,β-unsaturated/α-hetero) is 1. The third-order valence-corrected chi connectivity index (χ3v) is 9.53. The summed E-state index contributed by atoms with van der Waals surface area (Å²) in [6.45, 7) is 9.82. The van der Waals surface area contributed by atoms with Gasteiger partial charge >= 0.3 is 0 Å². The molecule has 1 aromatic heterocycles. The van der Waals surface area contributed by atoms with E-state index in [4.69, 9.17) is 37.4 Å². The van der Waals surface area contributed by atoms with Gasteiger partial charge in [-0.3, -0.25) is 4.79 Å². The van der Waals surface area contributed by atoms with Gasteiger partial charge in [-0.2, -0.15) is 0 Å². The summed E-state index contributed by atoms with van der Waals surface area (Å²) in [4.78, 5) is 24.1. The van der Waals surface area contributed by atoms with Crippen LogP contribution in [0, 0.1) is 19.3 Å². The van der Waals surface area contributed by atoms with Gasteiger partial charge in [-0.05, 0) is 92.7 Å². The Hall–Kier alpha value is -3.23. The molecule has 3 aromatic carbocycles. The van der Waals surface area contributed by atoms with Crippen LogP contribution >= 0.6 is 23.2 Å². The van der Waals surface area contributed by atoms with E-state index in [-0.39, 0.29) is 12.2 Å². The lowest BCUT2D eigenvalue weighted by molar-refractivity contribution is -0.139. The van der Waals surface area contributed by atoms with Gasteiger partial charge in [-0.25, -0.2) is 9.97 Å². The molecular weight excluding hydrogens is 597 g/mol. The highest BCUT2D eigenvalue weighted by atomic mass is 35.5. The van der Waals surface area contributed by atoms with Crippen LogP contribution in [0.3, 0.4) is 0 Å². The van der Waals surface area contributed by atoms with Crippen LogP contribution in [0.15, 0.2) is 54.9 Å². The van der Waals surface area contributed by atoms with Crippen molar-refractivity contribution < 1.29 is 19.0 Å².